The van der Waals surface area contributed by atoms with Gasteiger partial charge in [-0.25, -0.2) is 0 Å². The lowest BCUT2D eigenvalue weighted by Crippen LogP contribution is -2.59. The molecule has 1 heterocycles. The van der Waals surface area contributed by atoms with Gasteiger partial charge in [0.2, 0.25) is 17.7 Å². The van der Waals surface area contributed by atoms with Gasteiger partial charge < -0.3 is 30.7 Å². The molecular weight excluding hydrogens is 532 g/mol. The van der Waals surface area contributed by atoms with Crippen LogP contribution in [0.25, 0.3) is 0 Å². The van der Waals surface area contributed by atoms with Gasteiger partial charge in [0.1, 0.15) is 24.4 Å². The highest BCUT2D eigenvalue weighted by Crippen LogP contribution is 2.19. The van der Waals surface area contributed by atoms with Gasteiger partial charge in [-0.2, -0.15) is 0 Å². The molecule has 0 saturated heterocycles. The number of ether oxygens (including phenoxy) is 2. The summed E-state index contributed by atoms with van der Waals surface area (Å²) in [6.45, 7) is 10.9. The number of aryl methyl sites for hydroxylation is 1. The Bertz CT molecular complexity index is 1150. The highest BCUT2D eigenvalue weighted by molar-refractivity contribution is 5.93. The van der Waals surface area contributed by atoms with Crippen LogP contribution in [0.1, 0.15) is 58.6 Å². The topological polar surface area (TPSA) is 118 Å². The Morgan fingerprint density at radius 2 is 1.60 bits per heavy atom. The molecule has 4 atom stereocenters. The molecule has 2 aromatic carbocycles. The molecule has 3 amide bonds. The number of rotatable bonds is 6. The second kappa shape index (κ2) is 16.3. The first kappa shape index (κ1) is 33.1. The Hall–Kier alpha value is -3.43. The standard InChI is InChI=1S/C33H48N4O5/c1-6-23(2)29-32(40)37-27(22-42-33(3,4)5)31(39)36-26(21-24-13-8-7-9-14-24)30(38)35-18-12-16-25-15-10-11-17-28(25)41-20-19-34-29/h7-11,13-15,17,23,26-27,29,34H,6,12,16,18-22H2,1-5H3,(H,35,38)(H,36,39)(H,37,40)/t23?,26-,27-,29+/m1/s1. The van der Waals surface area contributed by atoms with Gasteiger partial charge in [-0.05, 0) is 56.7 Å². The van der Waals surface area contributed by atoms with Gasteiger partial charge in [-0.3, -0.25) is 14.4 Å². The molecule has 0 saturated carbocycles. The smallest absolute Gasteiger partial charge is 0.245 e. The van der Waals surface area contributed by atoms with Crippen LogP contribution < -0.4 is 26.0 Å². The van der Waals surface area contributed by atoms with Crippen LogP contribution in [0.2, 0.25) is 0 Å². The number of fused-ring (bicyclic) bond motifs is 1. The molecule has 1 aliphatic rings. The normalized spacial score (nSPS) is 22.3. The fourth-order valence-corrected chi connectivity index (χ4v) is 4.74. The van der Waals surface area contributed by atoms with Crippen LogP contribution in [0.15, 0.2) is 54.6 Å². The first-order valence-corrected chi connectivity index (χ1v) is 15.1. The number of nitrogens with one attached hydrogen (secondary N) is 4. The number of hydrogen-bond donors (Lipinski definition) is 4. The predicted octanol–water partition coefficient (Wildman–Crippen LogP) is 3.16. The third-order valence-corrected chi connectivity index (χ3v) is 7.35. The van der Waals surface area contributed by atoms with Crippen LogP contribution in [-0.4, -0.2) is 67.8 Å². The molecule has 1 aliphatic heterocycles. The minimum Gasteiger partial charge on any atom is -0.492 e. The van der Waals surface area contributed by atoms with Crippen LogP contribution in [0, 0.1) is 5.92 Å². The number of carbonyl (C=O) groups excluding carboxylic acids is 3. The van der Waals surface area contributed by atoms with Crippen molar-refractivity contribution in [2.45, 2.75) is 84.0 Å². The maximum absolute atomic E-state index is 13.7. The second-order valence-corrected chi connectivity index (χ2v) is 11.9. The average molecular weight is 581 g/mol. The van der Waals surface area contributed by atoms with Crippen molar-refractivity contribution in [1.29, 1.82) is 0 Å². The van der Waals surface area contributed by atoms with Crippen LogP contribution in [-0.2, 0) is 32.0 Å². The lowest BCUT2D eigenvalue weighted by atomic mass is 9.98. The van der Waals surface area contributed by atoms with Crippen LogP contribution in [0.5, 0.6) is 5.75 Å². The zero-order valence-corrected chi connectivity index (χ0v) is 25.7. The van der Waals surface area contributed by atoms with Gasteiger partial charge in [0.25, 0.3) is 0 Å². The number of amides is 3. The molecule has 3 rings (SSSR count). The van der Waals surface area contributed by atoms with E-state index in [1.54, 1.807) is 0 Å². The van der Waals surface area contributed by atoms with Gasteiger partial charge in [-0.15, -0.1) is 0 Å². The Morgan fingerprint density at radius 1 is 0.905 bits per heavy atom. The van der Waals surface area contributed by atoms with Gasteiger partial charge in [-0.1, -0.05) is 68.8 Å². The van der Waals surface area contributed by atoms with Gasteiger partial charge in [0, 0.05) is 19.5 Å². The highest BCUT2D eigenvalue weighted by Gasteiger charge is 2.32. The van der Waals surface area contributed by atoms with Gasteiger partial charge in [0.15, 0.2) is 0 Å². The van der Waals surface area contributed by atoms with Crippen molar-refractivity contribution in [2.75, 3.05) is 26.3 Å². The van der Waals surface area contributed by atoms with Gasteiger partial charge >= 0.3 is 0 Å². The molecule has 2 aromatic rings. The van der Waals surface area contributed by atoms with Crippen LogP contribution >= 0.6 is 0 Å². The monoisotopic (exact) mass is 580 g/mol. The number of hydrogen-bond acceptors (Lipinski definition) is 6. The number of para-hydroxylation sites is 1. The Kier molecular flexibility index (Phi) is 12.8. The van der Waals surface area contributed by atoms with E-state index in [4.69, 9.17) is 9.47 Å². The zero-order valence-electron chi connectivity index (χ0n) is 25.7. The largest absolute Gasteiger partial charge is 0.492 e. The quantitative estimate of drug-likeness (QED) is 0.417. The van der Waals surface area contributed by atoms with E-state index in [1.165, 1.54) is 0 Å². The summed E-state index contributed by atoms with van der Waals surface area (Å²) in [6.07, 6.45) is 2.52. The first-order valence-electron chi connectivity index (χ1n) is 15.1. The summed E-state index contributed by atoms with van der Waals surface area (Å²) < 4.78 is 12.0. The fraction of sp³-hybridized carbons (Fsp3) is 0.545. The van der Waals surface area contributed by atoms with E-state index in [-0.39, 0.29) is 24.3 Å². The van der Waals surface area contributed by atoms with E-state index in [0.717, 1.165) is 29.7 Å². The van der Waals surface area contributed by atoms with E-state index in [0.29, 0.717) is 32.5 Å². The summed E-state index contributed by atoms with van der Waals surface area (Å²) in [5.74, 6) is -0.243. The van der Waals surface area contributed by atoms with Crippen molar-refractivity contribution < 1.29 is 23.9 Å². The summed E-state index contributed by atoms with van der Waals surface area (Å²) >= 11 is 0. The van der Waals surface area contributed by atoms with E-state index in [9.17, 15) is 14.4 Å². The maximum Gasteiger partial charge on any atom is 0.245 e. The number of benzene rings is 2. The molecular formula is C33H48N4O5. The molecule has 0 aliphatic carbocycles. The van der Waals surface area contributed by atoms with Crippen LogP contribution in [0.3, 0.4) is 0 Å². The van der Waals surface area contributed by atoms with Crippen molar-refractivity contribution >= 4 is 17.7 Å². The van der Waals surface area contributed by atoms with Crippen molar-refractivity contribution in [2.24, 2.45) is 5.92 Å². The van der Waals surface area contributed by atoms with Gasteiger partial charge in [0.05, 0.1) is 18.2 Å². The minimum absolute atomic E-state index is 0.00624. The Labute approximate surface area is 250 Å². The summed E-state index contributed by atoms with van der Waals surface area (Å²) in [4.78, 5) is 40.7. The zero-order chi connectivity index (χ0) is 30.5. The fourth-order valence-electron chi connectivity index (χ4n) is 4.74. The molecule has 0 bridgehead atoms. The SMILES string of the molecule is CCC(C)[C@@H]1NCCOc2ccccc2CCCNC(=O)[C@@H](Cc2ccccc2)NC(=O)[C@@H](COC(C)(C)C)NC1=O. The first-order chi connectivity index (χ1) is 20.1. The maximum atomic E-state index is 13.7. The summed E-state index contributed by atoms with van der Waals surface area (Å²) in [5, 5.41) is 12.2. The number of carbonyl (C=O) groups is 3. The van der Waals surface area contributed by atoms with Crippen molar-refractivity contribution in [3.63, 3.8) is 0 Å². The van der Waals surface area contributed by atoms with Crippen LogP contribution in [0.4, 0.5) is 0 Å². The average Bonchev–Trinajstić information content (AvgIpc) is 2.96. The van der Waals surface area contributed by atoms with Crippen molar-refractivity contribution in [3.8, 4) is 5.75 Å². The molecule has 0 radical (unpaired) electrons. The Morgan fingerprint density at radius 3 is 2.31 bits per heavy atom. The second-order valence-electron chi connectivity index (χ2n) is 11.9. The molecule has 0 aromatic heterocycles. The van der Waals surface area contributed by atoms with Crippen molar-refractivity contribution in [3.05, 3.63) is 65.7 Å². The van der Waals surface area contributed by atoms with E-state index in [2.05, 4.69) is 21.3 Å². The third-order valence-electron chi connectivity index (χ3n) is 7.35. The summed E-state index contributed by atoms with van der Waals surface area (Å²) in [5.41, 5.74) is 1.44. The molecule has 9 heteroatoms. The van der Waals surface area contributed by atoms with E-state index in [1.807, 2.05) is 89.2 Å². The molecule has 4 N–H and O–H groups in total. The van der Waals surface area contributed by atoms with E-state index < -0.39 is 29.6 Å². The lowest BCUT2D eigenvalue weighted by molar-refractivity contribution is -0.135. The third kappa shape index (κ3) is 10.8. The van der Waals surface area contributed by atoms with E-state index >= 15 is 0 Å². The Balaban J connectivity index is 1.89. The summed E-state index contributed by atoms with van der Waals surface area (Å²) in [7, 11) is 0. The molecule has 9 nitrogen and oxygen atoms in total. The predicted molar refractivity (Wildman–Crippen MR) is 164 cm³/mol. The molecule has 1 unspecified atom stereocenters. The minimum atomic E-state index is -0.988. The molecule has 42 heavy (non-hydrogen) atoms. The van der Waals surface area contributed by atoms with Crippen molar-refractivity contribution in [1.82, 2.24) is 21.3 Å². The summed E-state index contributed by atoms with van der Waals surface area (Å²) in [6, 6.07) is 15.1. The highest BCUT2D eigenvalue weighted by atomic mass is 16.5. The molecule has 0 spiro atoms. The molecule has 230 valence electrons. The molecule has 0 fully saturated rings. The lowest BCUT2D eigenvalue weighted by Gasteiger charge is -2.29.